The number of amides is 1. The third-order valence-electron chi connectivity index (χ3n) is 5.79. The van der Waals surface area contributed by atoms with Gasteiger partial charge in [-0.2, -0.15) is 14.9 Å². The maximum absolute atomic E-state index is 12.7. The number of nitrogens with zero attached hydrogens (tertiary/aromatic N) is 5. The molecule has 0 bridgehead atoms. The Hall–Kier alpha value is -4.27. The number of phenolic OH excluding ortho intramolecular Hbond substituents is 1. The van der Waals surface area contributed by atoms with Gasteiger partial charge in [0.25, 0.3) is 5.95 Å². The number of carbonyl (C=O) groups excluding carboxylic acids is 1. The summed E-state index contributed by atoms with van der Waals surface area (Å²) in [5.41, 5.74) is 5.17. The molecular weight excluding hydrogens is 420 g/mol. The van der Waals surface area contributed by atoms with Crippen molar-refractivity contribution in [1.29, 1.82) is 0 Å². The number of benzene rings is 2. The molecule has 0 fully saturated rings. The lowest BCUT2D eigenvalue weighted by molar-refractivity contribution is -0.116. The van der Waals surface area contributed by atoms with Crippen LogP contribution in [0.2, 0.25) is 0 Å². The predicted molar refractivity (Wildman–Crippen MR) is 122 cm³/mol. The molecule has 0 saturated carbocycles. The highest BCUT2D eigenvalue weighted by atomic mass is 16.5. The minimum absolute atomic E-state index is 0.0431. The van der Waals surface area contributed by atoms with Crippen molar-refractivity contribution in [3.05, 3.63) is 71.0 Å². The Morgan fingerprint density at radius 1 is 1.15 bits per heavy atom. The fourth-order valence-corrected chi connectivity index (χ4v) is 4.13. The van der Waals surface area contributed by atoms with Gasteiger partial charge in [-0.05, 0) is 31.5 Å². The van der Waals surface area contributed by atoms with Crippen molar-refractivity contribution in [2.75, 3.05) is 12.4 Å². The molecule has 1 atom stereocenters. The quantitative estimate of drug-likeness (QED) is 0.497. The molecule has 0 unspecified atom stereocenters. The van der Waals surface area contributed by atoms with Gasteiger partial charge < -0.3 is 15.2 Å². The van der Waals surface area contributed by atoms with Crippen LogP contribution in [0.5, 0.6) is 11.5 Å². The highest BCUT2D eigenvalue weighted by Gasteiger charge is 2.33. The number of ether oxygens (including phenoxy) is 1. The summed E-state index contributed by atoms with van der Waals surface area (Å²) in [6.45, 7) is 3.91. The first kappa shape index (κ1) is 20.6. The van der Waals surface area contributed by atoms with Crippen LogP contribution in [0.4, 0.5) is 5.82 Å². The van der Waals surface area contributed by atoms with E-state index in [1.54, 1.807) is 24.4 Å². The lowest BCUT2D eigenvalue weighted by Gasteiger charge is -2.24. The van der Waals surface area contributed by atoms with Gasteiger partial charge in [-0.1, -0.05) is 35.9 Å². The number of hydrogen-bond donors (Lipinski definition) is 2. The van der Waals surface area contributed by atoms with E-state index in [1.165, 1.54) is 11.8 Å². The molecule has 33 heavy (non-hydrogen) atoms. The monoisotopic (exact) mass is 442 g/mol. The second-order valence-corrected chi connectivity index (χ2v) is 8.00. The number of methoxy groups -OCH3 is 1. The SMILES string of the molecule is COc1cc([C@H]2CC(=O)Nc3c2c(C)nn3-c2nncc(-c3ccc(C)cc3)n2)ccc1O. The number of anilines is 1. The predicted octanol–water partition coefficient (Wildman–Crippen LogP) is 3.53. The lowest BCUT2D eigenvalue weighted by atomic mass is 9.85. The number of aryl methyl sites for hydroxylation is 2. The van der Waals surface area contributed by atoms with Gasteiger partial charge in [0, 0.05) is 23.5 Å². The topological polar surface area (TPSA) is 115 Å². The summed E-state index contributed by atoms with van der Waals surface area (Å²) in [6, 6.07) is 13.1. The molecule has 2 aromatic carbocycles. The molecule has 2 N–H and O–H groups in total. The molecule has 1 amide bonds. The zero-order valence-electron chi connectivity index (χ0n) is 18.4. The van der Waals surface area contributed by atoms with Crippen LogP contribution in [0.25, 0.3) is 17.2 Å². The summed E-state index contributed by atoms with van der Waals surface area (Å²) in [5, 5.41) is 25.8. The van der Waals surface area contributed by atoms with Gasteiger partial charge in [-0.15, -0.1) is 5.10 Å². The zero-order chi connectivity index (χ0) is 23.1. The minimum atomic E-state index is -0.259. The van der Waals surface area contributed by atoms with E-state index < -0.39 is 0 Å². The number of aromatic nitrogens is 5. The largest absolute Gasteiger partial charge is 0.504 e. The van der Waals surface area contributed by atoms with Crippen molar-refractivity contribution in [2.24, 2.45) is 0 Å². The van der Waals surface area contributed by atoms with Crippen molar-refractivity contribution in [3.63, 3.8) is 0 Å². The van der Waals surface area contributed by atoms with Crippen molar-refractivity contribution in [3.8, 4) is 28.7 Å². The van der Waals surface area contributed by atoms with Crippen molar-refractivity contribution >= 4 is 11.7 Å². The smallest absolute Gasteiger partial charge is 0.272 e. The highest BCUT2D eigenvalue weighted by molar-refractivity contribution is 5.95. The molecule has 0 saturated heterocycles. The lowest BCUT2D eigenvalue weighted by Crippen LogP contribution is -2.25. The fraction of sp³-hybridized carbons (Fsp3) is 0.208. The van der Waals surface area contributed by atoms with Crippen LogP contribution < -0.4 is 10.1 Å². The second kappa shape index (κ2) is 8.01. The summed E-state index contributed by atoms with van der Waals surface area (Å²) in [7, 11) is 1.49. The molecule has 166 valence electrons. The van der Waals surface area contributed by atoms with Crippen LogP contribution in [-0.2, 0) is 4.79 Å². The van der Waals surface area contributed by atoms with Crippen LogP contribution in [0.3, 0.4) is 0 Å². The molecule has 1 aliphatic heterocycles. The Kier molecular flexibility index (Phi) is 5.01. The number of aromatic hydroxyl groups is 1. The van der Waals surface area contributed by atoms with Gasteiger partial charge in [-0.3, -0.25) is 4.79 Å². The standard InChI is InChI=1S/C24H22N6O3/c1-13-4-6-15(7-5-13)18-12-25-28-24(26-18)30-23-22(14(2)29-30)17(11-21(32)27-23)16-8-9-19(31)20(10-16)33-3/h4-10,12,17,31H,11H2,1-3H3,(H,27,32)/t17-/m1/s1. The molecule has 9 nitrogen and oxygen atoms in total. The number of fused-ring (bicyclic) bond motifs is 1. The molecule has 9 heteroatoms. The summed E-state index contributed by atoms with van der Waals surface area (Å²) >= 11 is 0. The third kappa shape index (κ3) is 3.67. The normalized spacial score (nSPS) is 15.1. The second-order valence-electron chi connectivity index (χ2n) is 8.00. The van der Waals surface area contributed by atoms with Crippen LogP contribution in [0, 0.1) is 13.8 Å². The van der Waals surface area contributed by atoms with Crippen LogP contribution in [0.15, 0.2) is 48.7 Å². The molecule has 1 aliphatic rings. The maximum Gasteiger partial charge on any atom is 0.272 e. The van der Waals surface area contributed by atoms with E-state index in [-0.39, 0.29) is 29.9 Å². The van der Waals surface area contributed by atoms with E-state index in [0.717, 1.165) is 27.9 Å². The Balaban J connectivity index is 1.60. The fourth-order valence-electron chi connectivity index (χ4n) is 4.13. The Morgan fingerprint density at radius 2 is 1.94 bits per heavy atom. The molecule has 5 rings (SSSR count). The minimum Gasteiger partial charge on any atom is -0.504 e. The number of nitrogens with one attached hydrogen (secondary N) is 1. The summed E-state index contributed by atoms with van der Waals surface area (Å²) in [6.07, 6.45) is 1.84. The van der Waals surface area contributed by atoms with Crippen molar-refractivity contribution < 1.29 is 14.6 Å². The third-order valence-corrected chi connectivity index (χ3v) is 5.79. The van der Waals surface area contributed by atoms with Gasteiger partial charge in [0.1, 0.15) is 5.82 Å². The first-order valence-corrected chi connectivity index (χ1v) is 10.5. The zero-order valence-corrected chi connectivity index (χ0v) is 18.4. The molecule has 0 radical (unpaired) electrons. The maximum atomic E-state index is 12.7. The van der Waals surface area contributed by atoms with Crippen molar-refractivity contribution in [1.82, 2.24) is 25.0 Å². The van der Waals surface area contributed by atoms with E-state index in [2.05, 4.69) is 25.6 Å². The van der Waals surface area contributed by atoms with E-state index in [9.17, 15) is 9.90 Å². The van der Waals surface area contributed by atoms with Crippen LogP contribution in [-0.4, -0.2) is 43.1 Å². The number of phenols is 1. The Bertz CT molecular complexity index is 1360. The van der Waals surface area contributed by atoms with E-state index in [0.29, 0.717) is 17.3 Å². The first-order chi connectivity index (χ1) is 15.9. The van der Waals surface area contributed by atoms with Crippen LogP contribution >= 0.6 is 0 Å². The number of carbonyl (C=O) groups is 1. The molecule has 3 heterocycles. The summed E-state index contributed by atoms with van der Waals surface area (Å²) < 4.78 is 6.78. The first-order valence-electron chi connectivity index (χ1n) is 10.5. The highest BCUT2D eigenvalue weighted by Crippen LogP contribution is 2.42. The van der Waals surface area contributed by atoms with Gasteiger partial charge in [-0.25, -0.2) is 4.98 Å². The Morgan fingerprint density at radius 3 is 2.70 bits per heavy atom. The molecule has 0 aliphatic carbocycles. The number of rotatable bonds is 4. The van der Waals surface area contributed by atoms with Gasteiger partial charge in [0.05, 0.1) is 24.7 Å². The summed E-state index contributed by atoms with van der Waals surface area (Å²) in [5.74, 6) is 0.767. The molecule has 2 aromatic heterocycles. The Labute approximate surface area is 190 Å². The van der Waals surface area contributed by atoms with E-state index in [1.807, 2.05) is 38.1 Å². The van der Waals surface area contributed by atoms with E-state index >= 15 is 0 Å². The molecule has 0 spiro atoms. The van der Waals surface area contributed by atoms with Gasteiger partial charge in [0.2, 0.25) is 5.91 Å². The van der Waals surface area contributed by atoms with Gasteiger partial charge in [0.15, 0.2) is 11.5 Å². The molecular formula is C24H22N6O3. The average molecular weight is 442 g/mol. The van der Waals surface area contributed by atoms with E-state index in [4.69, 9.17) is 4.74 Å². The summed E-state index contributed by atoms with van der Waals surface area (Å²) in [4.78, 5) is 17.3. The van der Waals surface area contributed by atoms with Crippen LogP contribution in [0.1, 0.15) is 34.7 Å². The number of hydrogen-bond acceptors (Lipinski definition) is 7. The van der Waals surface area contributed by atoms with Gasteiger partial charge >= 0.3 is 0 Å². The average Bonchev–Trinajstić information content (AvgIpc) is 3.15. The van der Waals surface area contributed by atoms with Crippen molar-refractivity contribution in [2.45, 2.75) is 26.2 Å². The molecule has 4 aromatic rings.